The van der Waals surface area contributed by atoms with Crippen molar-refractivity contribution in [2.45, 2.75) is 6.42 Å². The number of aldehydes is 1. The summed E-state index contributed by atoms with van der Waals surface area (Å²) in [6.07, 6.45) is 5.17. The normalized spacial score (nSPS) is 10.2. The lowest BCUT2D eigenvalue weighted by molar-refractivity contribution is 0.112. The van der Waals surface area contributed by atoms with Crippen LogP contribution in [0.2, 0.25) is 0 Å². The highest BCUT2D eigenvalue weighted by molar-refractivity contribution is 5.79. The molecule has 1 heterocycles. The van der Waals surface area contributed by atoms with Gasteiger partial charge in [-0.2, -0.15) is 0 Å². The van der Waals surface area contributed by atoms with Gasteiger partial charge in [0.05, 0.1) is 12.7 Å². The number of aryl methyl sites for hydroxylation is 1. The fourth-order valence-electron chi connectivity index (χ4n) is 1.74. The summed E-state index contributed by atoms with van der Waals surface area (Å²) in [5.74, 6) is 1.57. The molecule has 0 fully saturated rings. The third-order valence-corrected chi connectivity index (χ3v) is 2.70. The number of methoxy groups -OCH3 is 1. The Kier molecular flexibility index (Phi) is 3.23. The molecule has 0 saturated heterocycles. The Labute approximate surface area is 99.9 Å². The number of aromatic nitrogens is 2. The molecule has 0 radical (unpaired) electrons. The zero-order chi connectivity index (χ0) is 12.3. The molecular formula is C13H14N2O2. The van der Waals surface area contributed by atoms with E-state index >= 15 is 0 Å². The highest BCUT2D eigenvalue weighted by Gasteiger charge is 2.06. The molecule has 0 aliphatic rings. The van der Waals surface area contributed by atoms with Crippen molar-refractivity contribution in [3.05, 3.63) is 47.5 Å². The van der Waals surface area contributed by atoms with Crippen LogP contribution in [0, 0.1) is 0 Å². The zero-order valence-electron chi connectivity index (χ0n) is 9.88. The molecule has 2 rings (SSSR count). The van der Waals surface area contributed by atoms with Gasteiger partial charge in [0.15, 0.2) is 6.29 Å². The summed E-state index contributed by atoms with van der Waals surface area (Å²) in [6.45, 7) is 0. The number of imidazole rings is 1. The lowest BCUT2D eigenvalue weighted by atomic mass is 10.1. The fourth-order valence-corrected chi connectivity index (χ4v) is 1.74. The second-order valence-corrected chi connectivity index (χ2v) is 3.83. The minimum atomic E-state index is 0.569. The van der Waals surface area contributed by atoms with Crippen molar-refractivity contribution in [2.24, 2.45) is 7.05 Å². The van der Waals surface area contributed by atoms with Crippen LogP contribution >= 0.6 is 0 Å². The van der Waals surface area contributed by atoms with Crippen molar-refractivity contribution in [3.63, 3.8) is 0 Å². The highest BCUT2D eigenvalue weighted by atomic mass is 16.5. The Morgan fingerprint density at radius 1 is 1.47 bits per heavy atom. The molecule has 17 heavy (non-hydrogen) atoms. The van der Waals surface area contributed by atoms with E-state index in [0.29, 0.717) is 17.7 Å². The molecule has 0 aliphatic heterocycles. The van der Waals surface area contributed by atoms with Gasteiger partial charge >= 0.3 is 0 Å². The Balaban J connectivity index is 2.28. The minimum absolute atomic E-state index is 0.569. The Morgan fingerprint density at radius 3 is 2.88 bits per heavy atom. The van der Waals surface area contributed by atoms with Crippen molar-refractivity contribution in [1.29, 1.82) is 0 Å². The van der Waals surface area contributed by atoms with Crippen molar-refractivity contribution in [1.82, 2.24) is 9.55 Å². The standard InChI is InChI=1S/C13H14N2O2/c1-15-6-5-14-13(15)8-10-3-4-12(17-2)11(7-10)9-16/h3-7,9H,8H2,1-2H3. The quantitative estimate of drug-likeness (QED) is 0.753. The first-order valence-electron chi connectivity index (χ1n) is 5.33. The molecule has 88 valence electrons. The molecule has 0 bridgehead atoms. The molecule has 4 nitrogen and oxygen atoms in total. The molecule has 0 unspecified atom stereocenters. The van der Waals surface area contributed by atoms with Gasteiger partial charge in [-0.1, -0.05) is 6.07 Å². The number of benzene rings is 1. The maximum absolute atomic E-state index is 10.9. The van der Waals surface area contributed by atoms with E-state index in [1.54, 1.807) is 13.3 Å². The number of carbonyl (C=O) groups is 1. The highest BCUT2D eigenvalue weighted by Crippen LogP contribution is 2.19. The smallest absolute Gasteiger partial charge is 0.153 e. The van der Waals surface area contributed by atoms with Crippen molar-refractivity contribution < 1.29 is 9.53 Å². The molecule has 0 saturated carbocycles. The summed E-state index contributed by atoms with van der Waals surface area (Å²) < 4.78 is 7.06. The topological polar surface area (TPSA) is 44.1 Å². The predicted molar refractivity (Wildman–Crippen MR) is 64.4 cm³/mol. The second-order valence-electron chi connectivity index (χ2n) is 3.83. The number of hydrogen-bond donors (Lipinski definition) is 0. The van der Waals surface area contributed by atoms with E-state index in [1.165, 1.54) is 0 Å². The molecule has 1 aromatic carbocycles. The Hall–Kier alpha value is -2.10. The molecule has 0 aliphatic carbocycles. The molecule has 0 atom stereocenters. The SMILES string of the molecule is COc1ccc(Cc2nccn2C)cc1C=O. The first-order valence-corrected chi connectivity index (χ1v) is 5.33. The first kappa shape index (κ1) is 11.4. The van der Waals surface area contributed by atoms with Gasteiger partial charge in [-0.3, -0.25) is 4.79 Å². The number of rotatable bonds is 4. The number of nitrogens with zero attached hydrogens (tertiary/aromatic N) is 2. The van der Waals surface area contributed by atoms with E-state index < -0.39 is 0 Å². The number of ether oxygens (including phenoxy) is 1. The van der Waals surface area contributed by atoms with E-state index in [4.69, 9.17) is 4.74 Å². The van der Waals surface area contributed by atoms with E-state index in [9.17, 15) is 4.79 Å². The lowest BCUT2D eigenvalue weighted by Gasteiger charge is -2.06. The van der Waals surface area contributed by atoms with Crippen molar-refractivity contribution in [3.8, 4) is 5.75 Å². The maximum Gasteiger partial charge on any atom is 0.153 e. The Bertz CT molecular complexity index is 532. The van der Waals surface area contributed by atoms with Crippen LogP contribution in [-0.4, -0.2) is 22.9 Å². The van der Waals surface area contributed by atoms with E-state index in [1.807, 2.05) is 36.0 Å². The van der Waals surface area contributed by atoms with E-state index in [-0.39, 0.29) is 0 Å². The van der Waals surface area contributed by atoms with Crippen molar-refractivity contribution in [2.75, 3.05) is 7.11 Å². The van der Waals surface area contributed by atoms with Crippen LogP contribution in [0.15, 0.2) is 30.6 Å². The fraction of sp³-hybridized carbons (Fsp3) is 0.231. The molecule has 4 heteroatoms. The van der Waals surface area contributed by atoms with Gasteiger partial charge < -0.3 is 9.30 Å². The molecular weight excluding hydrogens is 216 g/mol. The first-order chi connectivity index (χ1) is 8.24. The van der Waals surface area contributed by atoms with E-state index in [2.05, 4.69) is 4.98 Å². The van der Waals surface area contributed by atoms with Crippen LogP contribution in [0.3, 0.4) is 0 Å². The minimum Gasteiger partial charge on any atom is -0.496 e. The molecule has 1 aromatic heterocycles. The van der Waals surface area contributed by atoms with Gasteiger partial charge in [-0.15, -0.1) is 0 Å². The maximum atomic E-state index is 10.9. The summed E-state index contributed by atoms with van der Waals surface area (Å²) in [5.41, 5.74) is 1.61. The monoisotopic (exact) mass is 230 g/mol. The van der Waals surface area contributed by atoms with Gasteiger partial charge in [0.1, 0.15) is 11.6 Å². The van der Waals surface area contributed by atoms with Crippen molar-refractivity contribution >= 4 is 6.29 Å². The second kappa shape index (κ2) is 4.82. The number of hydrogen-bond acceptors (Lipinski definition) is 3. The van der Waals surface area contributed by atoms with Crippen LogP contribution < -0.4 is 4.74 Å². The molecule has 2 aromatic rings. The summed E-state index contributed by atoms with van der Waals surface area (Å²) >= 11 is 0. The molecule has 0 N–H and O–H groups in total. The van der Waals surface area contributed by atoms with Crippen LogP contribution in [0.1, 0.15) is 21.7 Å². The van der Waals surface area contributed by atoms with Gasteiger partial charge in [0.25, 0.3) is 0 Å². The third-order valence-electron chi connectivity index (χ3n) is 2.70. The lowest BCUT2D eigenvalue weighted by Crippen LogP contribution is -1.99. The van der Waals surface area contributed by atoms with Crippen LogP contribution in [0.25, 0.3) is 0 Å². The van der Waals surface area contributed by atoms with E-state index in [0.717, 1.165) is 17.7 Å². The molecule has 0 spiro atoms. The van der Waals surface area contributed by atoms with Gasteiger partial charge in [0.2, 0.25) is 0 Å². The summed E-state index contributed by atoms with van der Waals surface area (Å²) in [5, 5.41) is 0. The van der Waals surface area contributed by atoms with Crippen LogP contribution in [-0.2, 0) is 13.5 Å². The number of carbonyl (C=O) groups excluding carboxylic acids is 1. The van der Waals surface area contributed by atoms with Crippen LogP contribution in [0.5, 0.6) is 5.75 Å². The van der Waals surface area contributed by atoms with Gasteiger partial charge in [-0.25, -0.2) is 4.98 Å². The summed E-state index contributed by atoms with van der Waals surface area (Å²) in [7, 11) is 3.51. The summed E-state index contributed by atoms with van der Waals surface area (Å²) in [6, 6.07) is 5.59. The average Bonchev–Trinajstić information content (AvgIpc) is 2.75. The average molecular weight is 230 g/mol. The third kappa shape index (κ3) is 2.36. The summed E-state index contributed by atoms with van der Waals surface area (Å²) in [4.78, 5) is 15.2. The van der Waals surface area contributed by atoms with Gasteiger partial charge in [-0.05, 0) is 17.7 Å². The van der Waals surface area contributed by atoms with Gasteiger partial charge in [0, 0.05) is 25.9 Å². The van der Waals surface area contributed by atoms with Crippen LogP contribution in [0.4, 0.5) is 0 Å². The Morgan fingerprint density at radius 2 is 2.29 bits per heavy atom. The zero-order valence-corrected chi connectivity index (χ0v) is 9.88. The largest absolute Gasteiger partial charge is 0.496 e. The molecule has 0 amide bonds. The predicted octanol–water partition coefficient (Wildman–Crippen LogP) is 1.83.